The molecule has 4 nitrogen and oxygen atoms in total. The predicted octanol–water partition coefficient (Wildman–Crippen LogP) is 1.88. The highest BCUT2D eigenvalue weighted by Crippen LogP contribution is 2.26. The van der Waals surface area contributed by atoms with Crippen LogP contribution in [-0.4, -0.2) is 5.21 Å². The smallest absolute Gasteiger partial charge is 0.206 e. The zero-order valence-corrected chi connectivity index (χ0v) is 8.46. The van der Waals surface area contributed by atoms with Gasteiger partial charge in [-0.25, -0.2) is 5.21 Å². The van der Waals surface area contributed by atoms with E-state index in [1.807, 2.05) is 18.2 Å². The summed E-state index contributed by atoms with van der Waals surface area (Å²) in [6.07, 6.45) is 0. The second-order valence-corrected chi connectivity index (χ2v) is 3.22. The molecule has 2 aromatic rings. The third-order valence-electron chi connectivity index (χ3n) is 2.09. The lowest BCUT2D eigenvalue weighted by Gasteiger charge is -2.15. The maximum atomic E-state index is 10.9. The van der Waals surface area contributed by atoms with Gasteiger partial charge >= 0.3 is 0 Å². The van der Waals surface area contributed by atoms with Gasteiger partial charge in [-0.05, 0) is 18.2 Å². The van der Waals surface area contributed by atoms with E-state index in [-0.39, 0.29) is 5.69 Å². The predicted molar refractivity (Wildman–Crippen MR) is 58.7 cm³/mol. The number of ether oxygens (including phenoxy) is 1. The van der Waals surface area contributed by atoms with Crippen LogP contribution in [0.25, 0.3) is 0 Å². The van der Waals surface area contributed by atoms with Gasteiger partial charge in [0.15, 0.2) is 5.75 Å². The molecule has 0 amide bonds. The molecule has 0 saturated carbocycles. The molecule has 4 heteroatoms. The fourth-order valence-electron chi connectivity index (χ4n) is 1.35. The first-order valence-electron chi connectivity index (χ1n) is 4.82. The summed E-state index contributed by atoms with van der Waals surface area (Å²) in [6, 6.07) is 15.6. The van der Waals surface area contributed by atoms with Crippen LogP contribution in [0.1, 0.15) is 0 Å². The van der Waals surface area contributed by atoms with Crippen LogP contribution >= 0.6 is 0 Å². The summed E-state index contributed by atoms with van der Waals surface area (Å²) >= 11 is 0. The second-order valence-electron chi connectivity index (χ2n) is 3.22. The van der Waals surface area contributed by atoms with Crippen molar-refractivity contribution < 1.29 is 15.2 Å². The maximum Gasteiger partial charge on any atom is 0.206 e. The molecule has 2 rings (SSSR count). The molecule has 0 radical (unpaired) electrons. The van der Waals surface area contributed by atoms with Crippen molar-refractivity contribution in [3.05, 3.63) is 59.8 Å². The molecule has 0 aliphatic rings. The fourth-order valence-corrected chi connectivity index (χ4v) is 1.35. The second kappa shape index (κ2) is 4.76. The lowest BCUT2D eigenvalue weighted by atomic mass is 10.3. The summed E-state index contributed by atoms with van der Waals surface area (Å²) in [5.41, 5.74) is 0.159. The summed E-state index contributed by atoms with van der Waals surface area (Å²) in [6.45, 7) is 0. The monoisotopic (exact) mass is 217 g/mol. The number of benzene rings is 2. The van der Waals surface area contributed by atoms with Gasteiger partial charge in [-0.1, -0.05) is 30.3 Å². The van der Waals surface area contributed by atoms with E-state index in [1.54, 1.807) is 30.3 Å². The summed E-state index contributed by atoms with van der Waals surface area (Å²) in [7, 11) is 0. The molecule has 0 aliphatic carbocycles. The number of rotatable bonds is 3. The third-order valence-corrected chi connectivity index (χ3v) is 2.09. The van der Waals surface area contributed by atoms with Crippen molar-refractivity contribution in [2.45, 2.75) is 0 Å². The molecule has 2 aromatic carbocycles. The molecule has 0 fully saturated rings. The van der Waals surface area contributed by atoms with Crippen molar-refractivity contribution in [3.8, 4) is 11.5 Å². The molecule has 2 N–H and O–H groups in total. The van der Waals surface area contributed by atoms with Crippen molar-refractivity contribution in [1.82, 2.24) is 0 Å². The van der Waals surface area contributed by atoms with Gasteiger partial charge < -0.3 is 9.94 Å². The Balaban J connectivity index is 2.28. The van der Waals surface area contributed by atoms with Gasteiger partial charge in [0.25, 0.3) is 0 Å². The van der Waals surface area contributed by atoms with E-state index in [4.69, 9.17) is 9.94 Å². The first-order chi connectivity index (χ1) is 7.77. The minimum Gasteiger partial charge on any atom is -0.595 e. The SMILES string of the molecule is [O-][NH+](O)c1ccccc1Oc1ccccc1. The Hall–Kier alpha value is -1.88. The zero-order chi connectivity index (χ0) is 11.4. The largest absolute Gasteiger partial charge is 0.595 e. The van der Waals surface area contributed by atoms with Crippen LogP contribution in [0.5, 0.6) is 11.5 Å². The first kappa shape index (κ1) is 10.6. The van der Waals surface area contributed by atoms with E-state index in [2.05, 4.69) is 0 Å². The Kier molecular flexibility index (Phi) is 3.16. The van der Waals surface area contributed by atoms with Crippen LogP contribution < -0.4 is 9.96 Å². The summed E-state index contributed by atoms with van der Waals surface area (Å²) in [5, 5.41) is 18.9. The van der Waals surface area contributed by atoms with Crippen LogP contribution in [-0.2, 0) is 0 Å². The van der Waals surface area contributed by atoms with Crippen molar-refractivity contribution >= 4 is 5.69 Å². The molecule has 1 unspecified atom stereocenters. The zero-order valence-electron chi connectivity index (χ0n) is 8.46. The van der Waals surface area contributed by atoms with E-state index >= 15 is 0 Å². The van der Waals surface area contributed by atoms with E-state index in [9.17, 15) is 5.21 Å². The number of para-hydroxylation sites is 3. The highest BCUT2D eigenvalue weighted by atomic mass is 16.8. The van der Waals surface area contributed by atoms with Crippen LogP contribution in [0.2, 0.25) is 0 Å². The highest BCUT2D eigenvalue weighted by molar-refractivity contribution is 5.47. The third kappa shape index (κ3) is 2.38. The molecule has 0 aliphatic heterocycles. The summed E-state index contributed by atoms with van der Waals surface area (Å²) < 4.78 is 5.49. The summed E-state index contributed by atoms with van der Waals surface area (Å²) in [4.78, 5) is 0. The van der Waals surface area contributed by atoms with Crippen LogP contribution in [0.4, 0.5) is 5.69 Å². The van der Waals surface area contributed by atoms with Crippen LogP contribution in [0.3, 0.4) is 0 Å². The maximum absolute atomic E-state index is 10.9. The van der Waals surface area contributed by atoms with Crippen LogP contribution in [0, 0.1) is 5.21 Å². The Labute approximate surface area is 92.9 Å². The van der Waals surface area contributed by atoms with Crippen molar-refractivity contribution in [2.24, 2.45) is 0 Å². The Morgan fingerprint density at radius 2 is 1.56 bits per heavy atom. The normalized spacial score (nSPS) is 12.1. The molecule has 16 heavy (non-hydrogen) atoms. The highest BCUT2D eigenvalue weighted by Gasteiger charge is 2.09. The van der Waals surface area contributed by atoms with Gasteiger partial charge in [0.2, 0.25) is 5.69 Å². The van der Waals surface area contributed by atoms with Gasteiger partial charge in [0.05, 0.1) is 0 Å². The molecule has 0 bridgehead atoms. The van der Waals surface area contributed by atoms with Crippen molar-refractivity contribution in [1.29, 1.82) is 0 Å². The lowest BCUT2D eigenvalue weighted by molar-refractivity contribution is -0.991. The first-order valence-corrected chi connectivity index (χ1v) is 4.82. The number of hydrogen-bond donors (Lipinski definition) is 2. The molecular weight excluding hydrogens is 206 g/mol. The Bertz CT molecular complexity index is 457. The van der Waals surface area contributed by atoms with E-state index in [1.165, 1.54) is 6.07 Å². The Morgan fingerprint density at radius 1 is 0.938 bits per heavy atom. The average molecular weight is 217 g/mol. The van der Waals surface area contributed by atoms with Crippen molar-refractivity contribution in [2.75, 3.05) is 0 Å². The number of quaternary nitrogens is 1. The minimum atomic E-state index is -0.994. The van der Waals surface area contributed by atoms with Crippen molar-refractivity contribution in [3.63, 3.8) is 0 Å². The van der Waals surface area contributed by atoms with E-state index < -0.39 is 5.23 Å². The molecule has 1 atom stereocenters. The number of hydrogen-bond acceptors (Lipinski definition) is 3. The van der Waals surface area contributed by atoms with E-state index in [0.29, 0.717) is 11.5 Å². The van der Waals surface area contributed by atoms with Gasteiger partial charge in [0.1, 0.15) is 5.75 Å². The molecule has 0 heterocycles. The molecule has 0 spiro atoms. The van der Waals surface area contributed by atoms with Gasteiger partial charge in [-0.2, -0.15) is 5.23 Å². The van der Waals surface area contributed by atoms with Gasteiger partial charge in [0, 0.05) is 6.07 Å². The standard InChI is InChI=1S/C12H11NO3/c14-13(15)11-8-4-5-9-12(11)16-10-6-2-1-3-7-10/h1-9,13-14H. The number of nitrogens with one attached hydrogen (secondary N) is 1. The molecule has 82 valence electrons. The minimum absolute atomic E-state index is 0.159. The Morgan fingerprint density at radius 3 is 2.25 bits per heavy atom. The molecule has 0 aromatic heterocycles. The van der Waals surface area contributed by atoms with E-state index in [0.717, 1.165) is 0 Å². The van der Waals surface area contributed by atoms with Gasteiger partial charge in [-0.15, -0.1) is 0 Å². The topological polar surface area (TPSA) is 57.0 Å². The molecule has 0 saturated heterocycles. The lowest BCUT2D eigenvalue weighted by Crippen LogP contribution is -2.99. The fraction of sp³-hybridized carbons (Fsp3) is 0. The average Bonchev–Trinajstić information content (AvgIpc) is 2.31. The quantitative estimate of drug-likeness (QED) is 0.772. The summed E-state index contributed by atoms with van der Waals surface area (Å²) in [5.74, 6) is 0.970. The molecular formula is C12H11NO3. The van der Waals surface area contributed by atoms with Gasteiger partial charge in [-0.3, -0.25) is 0 Å². The van der Waals surface area contributed by atoms with Crippen LogP contribution in [0.15, 0.2) is 54.6 Å².